The summed E-state index contributed by atoms with van der Waals surface area (Å²) in [5.41, 5.74) is 2.00. The predicted molar refractivity (Wildman–Crippen MR) is 63.3 cm³/mol. The second-order valence-electron chi connectivity index (χ2n) is 3.30. The zero-order valence-electron chi connectivity index (χ0n) is 8.53. The molecule has 0 aliphatic carbocycles. The Morgan fingerprint density at radius 3 is 2.88 bits per heavy atom. The third-order valence-electron chi connectivity index (χ3n) is 2.11. The number of aryl methyl sites for hydroxylation is 1. The van der Waals surface area contributed by atoms with Crippen LogP contribution in [0.1, 0.15) is 16.1 Å². The molecule has 5 heteroatoms. The molecule has 0 aliphatic heterocycles. The van der Waals surface area contributed by atoms with Crippen molar-refractivity contribution in [3.63, 3.8) is 0 Å². The summed E-state index contributed by atoms with van der Waals surface area (Å²) in [7, 11) is 0. The van der Waals surface area contributed by atoms with Crippen LogP contribution in [-0.4, -0.2) is 11.1 Å². The Morgan fingerprint density at radius 1 is 1.44 bits per heavy atom. The Hall–Kier alpha value is -1.62. The molecule has 16 heavy (non-hydrogen) atoms. The van der Waals surface area contributed by atoms with Crippen molar-refractivity contribution in [1.29, 1.82) is 0 Å². The summed E-state index contributed by atoms with van der Waals surface area (Å²) >= 11 is 3.36. The molecule has 0 bridgehead atoms. The molecule has 1 amide bonds. The molecule has 0 saturated carbocycles. The molecule has 0 atom stereocenters. The first-order valence-corrected chi connectivity index (χ1v) is 5.44. The van der Waals surface area contributed by atoms with Crippen LogP contribution in [0.25, 0.3) is 0 Å². The smallest absolute Gasteiger partial charge is 0.277 e. The molecule has 0 fully saturated rings. The fourth-order valence-electron chi connectivity index (χ4n) is 1.28. The number of anilines is 1. The molecule has 1 aromatic heterocycles. The van der Waals surface area contributed by atoms with Crippen molar-refractivity contribution in [2.24, 2.45) is 0 Å². The van der Waals surface area contributed by atoms with Gasteiger partial charge in [-0.15, -0.1) is 0 Å². The van der Waals surface area contributed by atoms with E-state index in [2.05, 4.69) is 30.9 Å². The van der Waals surface area contributed by atoms with Crippen LogP contribution >= 0.6 is 15.9 Å². The van der Waals surface area contributed by atoms with Crippen LogP contribution in [0.2, 0.25) is 0 Å². The summed E-state index contributed by atoms with van der Waals surface area (Å²) in [6.07, 6.45) is 1.36. The number of amides is 1. The highest BCUT2D eigenvalue weighted by Gasteiger charge is 2.10. The minimum atomic E-state index is -0.279. The summed E-state index contributed by atoms with van der Waals surface area (Å²) in [4.78, 5) is 11.7. The van der Waals surface area contributed by atoms with Crippen LogP contribution in [0, 0.1) is 6.92 Å². The topological polar surface area (TPSA) is 55.1 Å². The Balaban J connectivity index is 2.18. The SMILES string of the molecule is Cc1cc(Br)ccc1NC(=O)c1ccon1. The lowest BCUT2D eigenvalue weighted by molar-refractivity contribution is 0.101. The van der Waals surface area contributed by atoms with Gasteiger partial charge in [-0.3, -0.25) is 4.79 Å². The van der Waals surface area contributed by atoms with Crippen molar-refractivity contribution < 1.29 is 9.32 Å². The fourth-order valence-corrected chi connectivity index (χ4v) is 1.76. The van der Waals surface area contributed by atoms with Crippen LogP contribution in [0.15, 0.2) is 39.5 Å². The summed E-state index contributed by atoms with van der Waals surface area (Å²) < 4.78 is 5.58. The Bertz CT molecular complexity index is 509. The molecule has 4 nitrogen and oxygen atoms in total. The normalized spacial score (nSPS) is 10.1. The lowest BCUT2D eigenvalue weighted by Crippen LogP contribution is -2.12. The Labute approximate surface area is 101 Å². The van der Waals surface area contributed by atoms with Crippen molar-refractivity contribution >= 4 is 27.5 Å². The Kier molecular flexibility index (Phi) is 3.05. The number of halogens is 1. The Morgan fingerprint density at radius 2 is 2.25 bits per heavy atom. The number of hydrogen-bond acceptors (Lipinski definition) is 3. The summed E-state index contributed by atoms with van der Waals surface area (Å²) in [6, 6.07) is 7.14. The molecular formula is C11H9BrN2O2. The van der Waals surface area contributed by atoms with Crippen LogP contribution in [-0.2, 0) is 0 Å². The highest BCUT2D eigenvalue weighted by Crippen LogP contribution is 2.20. The fraction of sp³-hybridized carbons (Fsp3) is 0.0909. The molecular weight excluding hydrogens is 272 g/mol. The molecule has 0 saturated heterocycles. The van der Waals surface area contributed by atoms with Gasteiger partial charge in [-0.25, -0.2) is 0 Å². The van der Waals surface area contributed by atoms with E-state index in [1.165, 1.54) is 12.3 Å². The number of carbonyl (C=O) groups excluding carboxylic acids is 1. The van der Waals surface area contributed by atoms with E-state index in [1.807, 2.05) is 25.1 Å². The molecule has 2 aromatic rings. The number of rotatable bonds is 2. The van der Waals surface area contributed by atoms with Crippen molar-refractivity contribution in [1.82, 2.24) is 5.16 Å². The molecule has 2 rings (SSSR count). The lowest BCUT2D eigenvalue weighted by atomic mass is 10.2. The third kappa shape index (κ3) is 2.30. The first-order valence-electron chi connectivity index (χ1n) is 4.65. The van der Waals surface area contributed by atoms with Gasteiger partial charge in [0.05, 0.1) is 0 Å². The zero-order valence-corrected chi connectivity index (χ0v) is 10.1. The van der Waals surface area contributed by atoms with E-state index in [0.717, 1.165) is 15.7 Å². The van der Waals surface area contributed by atoms with Gasteiger partial charge < -0.3 is 9.84 Å². The van der Waals surface area contributed by atoms with Crippen LogP contribution in [0.5, 0.6) is 0 Å². The molecule has 0 aliphatic rings. The number of nitrogens with zero attached hydrogens (tertiary/aromatic N) is 1. The first kappa shape index (κ1) is 10.9. The van der Waals surface area contributed by atoms with E-state index in [9.17, 15) is 4.79 Å². The van der Waals surface area contributed by atoms with Gasteiger partial charge in [-0.2, -0.15) is 0 Å². The van der Waals surface area contributed by atoms with Gasteiger partial charge in [-0.05, 0) is 30.7 Å². The molecule has 1 heterocycles. The van der Waals surface area contributed by atoms with Gasteiger partial charge in [0.1, 0.15) is 6.26 Å². The number of benzene rings is 1. The van der Waals surface area contributed by atoms with Gasteiger partial charge >= 0.3 is 0 Å². The van der Waals surface area contributed by atoms with Crippen LogP contribution in [0.3, 0.4) is 0 Å². The van der Waals surface area contributed by atoms with Gasteiger partial charge in [0, 0.05) is 16.2 Å². The maximum atomic E-state index is 11.7. The summed E-state index contributed by atoms with van der Waals surface area (Å²) in [5, 5.41) is 6.32. The largest absolute Gasteiger partial charge is 0.364 e. The number of aromatic nitrogens is 1. The maximum absolute atomic E-state index is 11.7. The molecule has 0 radical (unpaired) electrons. The zero-order chi connectivity index (χ0) is 11.5. The number of nitrogens with one attached hydrogen (secondary N) is 1. The van der Waals surface area contributed by atoms with Crippen molar-refractivity contribution in [3.05, 3.63) is 46.3 Å². The first-order chi connectivity index (χ1) is 7.66. The second kappa shape index (κ2) is 4.49. The standard InChI is InChI=1S/C11H9BrN2O2/c1-7-6-8(12)2-3-9(7)13-11(15)10-4-5-16-14-10/h2-6H,1H3,(H,13,15). The second-order valence-corrected chi connectivity index (χ2v) is 4.21. The molecule has 0 spiro atoms. The van der Waals surface area contributed by atoms with E-state index >= 15 is 0 Å². The van der Waals surface area contributed by atoms with Gasteiger partial charge in [0.15, 0.2) is 5.69 Å². The van der Waals surface area contributed by atoms with Gasteiger partial charge in [0.25, 0.3) is 5.91 Å². The van der Waals surface area contributed by atoms with Crippen molar-refractivity contribution in [2.45, 2.75) is 6.92 Å². The number of carbonyl (C=O) groups is 1. The molecule has 1 N–H and O–H groups in total. The molecule has 82 valence electrons. The monoisotopic (exact) mass is 280 g/mol. The van der Waals surface area contributed by atoms with Gasteiger partial charge in [0.2, 0.25) is 0 Å². The molecule has 1 aromatic carbocycles. The molecule has 0 unspecified atom stereocenters. The minimum Gasteiger partial charge on any atom is -0.364 e. The summed E-state index contributed by atoms with van der Waals surface area (Å²) in [5.74, 6) is -0.279. The van der Waals surface area contributed by atoms with Crippen molar-refractivity contribution in [2.75, 3.05) is 5.32 Å². The van der Waals surface area contributed by atoms with Crippen LogP contribution in [0.4, 0.5) is 5.69 Å². The average Bonchev–Trinajstić information content (AvgIpc) is 2.75. The van der Waals surface area contributed by atoms with E-state index in [-0.39, 0.29) is 11.6 Å². The minimum absolute atomic E-state index is 0.266. The third-order valence-corrected chi connectivity index (χ3v) is 2.60. The van der Waals surface area contributed by atoms with E-state index < -0.39 is 0 Å². The van der Waals surface area contributed by atoms with Crippen molar-refractivity contribution in [3.8, 4) is 0 Å². The van der Waals surface area contributed by atoms with E-state index in [0.29, 0.717) is 0 Å². The highest BCUT2D eigenvalue weighted by atomic mass is 79.9. The average molecular weight is 281 g/mol. The maximum Gasteiger partial charge on any atom is 0.277 e. The lowest BCUT2D eigenvalue weighted by Gasteiger charge is -2.06. The van der Waals surface area contributed by atoms with Gasteiger partial charge in [-0.1, -0.05) is 21.1 Å². The predicted octanol–water partition coefficient (Wildman–Crippen LogP) is 3.00. The van der Waals surface area contributed by atoms with E-state index in [1.54, 1.807) is 0 Å². The quantitative estimate of drug-likeness (QED) is 0.920. The number of hydrogen-bond donors (Lipinski definition) is 1. The van der Waals surface area contributed by atoms with E-state index in [4.69, 9.17) is 0 Å². The van der Waals surface area contributed by atoms with Crippen LogP contribution < -0.4 is 5.32 Å². The summed E-state index contributed by atoms with van der Waals surface area (Å²) in [6.45, 7) is 1.92. The highest BCUT2D eigenvalue weighted by molar-refractivity contribution is 9.10.